The molecule has 10 heteroatoms. The molecule has 3 aliphatic heterocycles. The molecule has 5 heterocycles. The molecule has 1 saturated heterocycles. The van der Waals surface area contributed by atoms with Crippen LogP contribution in [0.2, 0.25) is 0 Å². The Morgan fingerprint density at radius 2 is 2.00 bits per heavy atom. The van der Waals surface area contributed by atoms with Crippen LogP contribution in [-0.2, 0) is 16.1 Å². The van der Waals surface area contributed by atoms with Crippen molar-refractivity contribution in [2.45, 2.75) is 31.5 Å². The van der Waals surface area contributed by atoms with Crippen LogP contribution in [0.25, 0.3) is 10.9 Å². The number of nitrogens with zero attached hydrogens (tertiary/aromatic N) is 3. The normalized spacial score (nSPS) is 20.8. The largest absolute Gasteiger partial charge is 0.480 e. The second kappa shape index (κ2) is 8.14. The number of cyclic esters (lactones) is 1. The highest BCUT2D eigenvalue weighted by atomic mass is 16.6. The Kier molecular flexibility index (Phi) is 4.95. The molecule has 0 spiro atoms. The fourth-order valence-corrected chi connectivity index (χ4v) is 4.87. The lowest BCUT2D eigenvalue weighted by molar-refractivity contribution is -0.118. The highest BCUT2D eigenvalue weighted by Gasteiger charge is 2.34. The number of nitrogens with one attached hydrogen (secondary N) is 2. The first-order chi connectivity index (χ1) is 16.6. The first-order valence-corrected chi connectivity index (χ1v) is 11.3. The third-order valence-corrected chi connectivity index (χ3v) is 6.48. The summed E-state index contributed by atoms with van der Waals surface area (Å²) < 4.78 is 12.7. The van der Waals surface area contributed by atoms with Gasteiger partial charge in [-0.1, -0.05) is 18.2 Å². The molecule has 0 unspecified atom stereocenters. The highest BCUT2D eigenvalue weighted by molar-refractivity contribution is 5.95. The minimum atomic E-state index is -0.453. The van der Waals surface area contributed by atoms with E-state index in [-0.39, 0.29) is 30.2 Å². The summed E-state index contributed by atoms with van der Waals surface area (Å²) in [7, 11) is 0. The Morgan fingerprint density at radius 1 is 1.09 bits per heavy atom. The number of para-hydroxylation sites is 1. The van der Waals surface area contributed by atoms with Crippen molar-refractivity contribution in [2.24, 2.45) is 0 Å². The zero-order valence-corrected chi connectivity index (χ0v) is 18.3. The number of anilines is 2. The smallest absolute Gasteiger partial charge is 0.415 e. The summed E-state index contributed by atoms with van der Waals surface area (Å²) in [5.74, 6) is 0.918. The third-order valence-electron chi connectivity index (χ3n) is 6.48. The Labute approximate surface area is 194 Å². The molecular weight excluding hydrogens is 438 g/mol. The number of benzene rings is 1. The molecule has 2 aromatic heterocycles. The van der Waals surface area contributed by atoms with E-state index in [1.807, 2.05) is 22.8 Å². The number of pyridine rings is 2. The maximum atomic E-state index is 12.4. The molecule has 0 bridgehead atoms. The molecule has 3 aliphatic rings. The summed E-state index contributed by atoms with van der Waals surface area (Å²) in [5, 5.41) is 7.27. The number of aromatic nitrogens is 2. The van der Waals surface area contributed by atoms with Crippen molar-refractivity contribution in [1.82, 2.24) is 14.9 Å². The van der Waals surface area contributed by atoms with Crippen LogP contribution in [0.4, 0.5) is 16.4 Å². The van der Waals surface area contributed by atoms with Gasteiger partial charge in [-0.2, -0.15) is 0 Å². The summed E-state index contributed by atoms with van der Waals surface area (Å²) in [6, 6.07) is 13.1. The van der Waals surface area contributed by atoms with Gasteiger partial charge in [-0.15, -0.1) is 0 Å². The predicted molar refractivity (Wildman–Crippen MR) is 124 cm³/mol. The molecule has 0 radical (unpaired) electrons. The van der Waals surface area contributed by atoms with Crippen molar-refractivity contribution in [3.8, 4) is 5.75 Å². The number of fused-ring (bicyclic) bond motifs is 1. The van der Waals surface area contributed by atoms with Crippen LogP contribution in [0.5, 0.6) is 5.75 Å². The van der Waals surface area contributed by atoms with E-state index in [4.69, 9.17) is 9.47 Å². The molecule has 1 fully saturated rings. The van der Waals surface area contributed by atoms with Gasteiger partial charge in [-0.3, -0.25) is 14.5 Å². The van der Waals surface area contributed by atoms with Gasteiger partial charge in [0.15, 0.2) is 18.2 Å². The van der Waals surface area contributed by atoms with Gasteiger partial charge in [0.25, 0.3) is 11.5 Å². The van der Waals surface area contributed by atoms with Gasteiger partial charge >= 0.3 is 6.09 Å². The second-order valence-corrected chi connectivity index (χ2v) is 8.69. The quantitative estimate of drug-likeness (QED) is 0.541. The number of rotatable bonds is 6. The van der Waals surface area contributed by atoms with Crippen LogP contribution in [0, 0.1) is 0 Å². The molecular formula is C24H23N5O5. The van der Waals surface area contributed by atoms with E-state index in [0.29, 0.717) is 36.9 Å². The Bertz CT molecular complexity index is 1370. The zero-order chi connectivity index (χ0) is 23.2. The summed E-state index contributed by atoms with van der Waals surface area (Å²) in [6.07, 6.45) is 0.810. The lowest BCUT2D eigenvalue weighted by Crippen LogP contribution is -2.29. The first kappa shape index (κ1) is 20.7. The van der Waals surface area contributed by atoms with Gasteiger partial charge in [0.05, 0.1) is 18.1 Å². The lowest BCUT2D eigenvalue weighted by atomic mass is 10.1. The topological polar surface area (TPSA) is 115 Å². The van der Waals surface area contributed by atoms with Crippen molar-refractivity contribution < 1.29 is 19.1 Å². The second-order valence-electron chi connectivity index (χ2n) is 8.69. The summed E-state index contributed by atoms with van der Waals surface area (Å²) in [5.41, 5.74) is 2.17. The van der Waals surface area contributed by atoms with Gasteiger partial charge in [-0.25, -0.2) is 9.78 Å². The van der Waals surface area contributed by atoms with Crippen LogP contribution in [0.15, 0.2) is 47.3 Å². The predicted octanol–water partition coefficient (Wildman–Crippen LogP) is 2.18. The van der Waals surface area contributed by atoms with Crippen LogP contribution >= 0.6 is 0 Å². The van der Waals surface area contributed by atoms with Gasteiger partial charge in [0.2, 0.25) is 0 Å². The summed E-state index contributed by atoms with van der Waals surface area (Å²) in [4.78, 5) is 42.1. The van der Waals surface area contributed by atoms with E-state index in [1.54, 1.807) is 18.2 Å². The molecule has 2 amide bonds. The average molecular weight is 461 g/mol. The van der Waals surface area contributed by atoms with Crippen molar-refractivity contribution in [3.05, 3.63) is 58.4 Å². The number of hydrogen-bond donors (Lipinski definition) is 2. The number of carbonyl (C=O) groups excluding carboxylic acids is 2. The van der Waals surface area contributed by atoms with Crippen LogP contribution in [0.1, 0.15) is 24.4 Å². The monoisotopic (exact) mass is 461 g/mol. The van der Waals surface area contributed by atoms with Gasteiger partial charge in [0, 0.05) is 12.6 Å². The summed E-state index contributed by atoms with van der Waals surface area (Å²) in [6.45, 7) is 1.70. The van der Waals surface area contributed by atoms with E-state index < -0.39 is 6.09 Å². The molecule has 2 atom stereocenters. The summed E-state index contributed by atoms with van der Waals surface area (Å²) >= 11 is 0. The SMILES string of the molecule is O=C1COc2ccc(N3C[C@H](CCCN[C@H]4Cn5c(=O)ccc6cccc4c65)OC3=O)nc2N1. The van der Waals surface area contributed by atoms with Crippen molar-refractivity contribution in [3.63, 3.8) is 0 Å². The minimum Gasteiger partial charge on any atom is -0.480 e. The number of amides is 2. The standard InChI is InChI=1S/C24H23N5O5/c30-20-13-33-18-7-8-19(26-23(18)27-20)28-11-15(34-24(28)32)4-2-10-25-17-12-29-21(31)9-6-14-3-1-5-16(17)22(14)29/h1,3,5-9,15,17,25H,2,4,10-13H2,(H,26,27,30)/t15-,17-/m0/s1. The number of hydrogen-bond acceptors (Lipinski definition) is 7. The van der Waals surface area contributed by atoms with E-state index in [1.165, 1.54) is 4.90 Å². The highest BCUT2D eigenvalue weighted by Crippen LogP contribution is 2.32. The van der Waals surface area contributed by atoms with Gasteiger partial charge in [0.1, 0.15) is 11.9 Å². The average Bonchev–Trinajstić information content (AvgIpc) is 3.40. The fourth-order valence-electron chi connectivity index (χ4n) is 4.87. The molecule has 174 valence electrons. The third kappa shape index (κ3) is 3.56. The molecule has 3 aromatic rings. The van der Waals surface area contributed by atoms with Crippen LogP contribution < -0.4 is 25.8 Å². The van der Waals surface area contributed by atoms with E-state index in [0.717, 1.165) is 29.4 Å². The maximum Gasteiger partial charge on any atom is 0.415 e. The molecule has 1 aromatic carbocycles. The van der Waals surface area contributed by atoms with Crippen LogP contribution in [0.3, 0.4) is 0 Å². The molecule has 0 aliphatic carbocycles. The molecule has 34 heavy (non-hydrogen) atoms. The molecule has 0 saturated carbocycles. The van der Waals surface area contributed by atoms with Crippen molar-refractivity contribution in [1.29, 1.82) is 0 Å². The van der Waals surface area contributed by atoms with Crippen molar-refractivity contribution >= 4 is 34.5 Å². The van der Waals surface area contributed by atoms with Gasteiger partial charge < -0.3 is 24.7 Å². The van der Waals surface area contributed by atoms with E-state index in [9.17, 15) is 14.4 Å². The van der Waals surface area contributed by atoms with Gasteiger partial charge in [-0.05, 0) is 48.5 Å². The molecule has 2 N–H and O–H groups in total. The molecule has 6 rings (SSSR count). The first-order valence-electron chi connectivity index (χ1n) is 11.3. The van der Waals surface area contributed by atoms with E-state index >= 15 is 0 Å². The van der Waals surface area contributed by atoms with Crippen LogP contribution in [-0.4, -0.2) is 47.4 Å². The Hall–Kier alpha value is -3.92. The number of carbonyl (C=O) groups is 2. The maximum absolute atomic E-state index is 12.4. The fraction of sp³-hybridized carbons (Fsp3) is 0.333. The minimum absolute atomic E-state index is 0.0177. The Balaban J connectivity index is 1.05. The number of ether oxygens (including phenoxy) is 2. The zero-order valence-electron chi connectivity index (χ0n) is 18.3. The Morgan fingerprint density at radius 3 is 2.91 bits per heavy atom. The molecule has 10 nitrogen and oxygen atoms in total. The van der Waals surface area contributed by atoms with E-state index in [2.05, 4.69) is 21.7 Å². The lowest BCUT2D eigenvalue weighted by Gasteiger charge is -2.19. The van der Waals surface area contributed by atoms with Crippen molar-refractivity contribution in [2.75, 3.05) is 29.9 Å².